The predicted molar refractivity (Wildman–Crippen MR) is 183 cm³/mol. The van der Waals surface area contributed by atoms with E-state index in [1.54, 1.807) is 6.33 Å². The van der Waals surface area contributed by atoms with Gasteiger partial charge < -0.3 is 5.11 Å². The van der Waals surface area contributed by atoms with Crippen molar-refractivity contribution in [1.82, 2.24) is 9.97 Å². The van der Waals surface area contributed by atoms with Crippen LogP contribution in [0.1, 0.15) is 122 Å². The average molecular weight is 782 g/mol. The fourth-order valence-corrected chi connectivity index (χ4v) is 7.34. The van der Waals surface area contributed by atoms with Crippen LogP contribution in [0.15, 0.2) is 60.6 Å². The number of rotatable bonds is 8. The molecule has 0 bridgehead atoms. The number of aliphatic hydroxyl groups is 1. The summed E-state index contributed by atoms with van der Waals surface area (Å²) in [6.45, 7) is 12.8. The topological polar surface area (TPSA) is 63.1 Å². The third-order valence-corrected chi connectivity index (χ3v) is 10.3. The molecule has 5 heteroatoms. The first-order chi connectivity index (χ1) is 21.2. The molecule has 1 N–H and O–H groups in total. The summed E-state index contributed by atoms with van der Waals surface area (Å²) in [7, 11) is 0. The first kappa shape index (κ1) is 35.0. The Kier molecular flexibility index (Phi) is 11.8. The van der Waals surface area contributed by atoms with Gasteiger partial charge in [0.15, 0.2) is 5.78 Å². The molecule has 0 unspecified atom stereocenters. The van der Waals surface area contributed by atoms with Crippen molar-refractivity contribution in [3.8, 4) is 11.3 Å². The van der Waals surface area contributed by atoms with Crippen LogP contribution >= 0.6 is 0 Å². The van der Waals surface area contributed by atoms with E-state index < -0.39 is 0 Å². The summed E-state index contributed by atoms with van der Waals surface area (Å²) in [5, 5.41) is 13.4. The summed E-state index contributed by atoms with van der Waals surface area (Å²) in [5.41, 5.74) is 7.34. The number of aliphatic hydroxyl groups excluding tert-OH is 1. The number of fused-ring (bicyclic) bond motifs is 3. The van der Waals surface area contributed by atoms with E-state index in [4.69, 9.17) is 9.97 Å². The number of carbonyl (C=O) groups is 1. The second-order valence-corrected chi connectivity index (χ2v) is 13.3. The molecule has 2 aliphatic rings. The van der Waals surface area contributed by atoms with Gasteiger partial charge in [-0.1, -0.05) is 102 Å². The molecule has 4 aromatic rings. The van der Waals surface area contributed by atoms with Crippen molar-refractivity contribution in [2.75, 3.05) is 0 Å². The summed E-state index contributed by atoms with van der Waals surface area (Å²) < 4.78 is 0. The zero-order valence-electron chi connectivity index (χ0n) is 27.9. The number of nitrogens with zero attached hydrogens (tertiary/aromatic N) is 2. The molecular formula is C40H49IrN2O2-. The van der Waals surface area contributed by atoms with Crippen molar-refractivity contribution in [2.45, 2.75) is 111 Å². The van der Waals surface area contributed by atoms with Gasteiger partial charge in [0, 0.05) is 43.7 Å². The number of aromatic nitrogens is 2. The van der Waals surface area contributed by atoms with Crippen LogP contribution in [0.4, 0.5) is 0 Å². The Morgan fingerprint density at radius 3 is 2.27 bits per heavy atom. The number of hydrogen-bond acceptors (Lipinski definition) is 4. The van der Waals surface area contributed by atoms with E-state index in [0.717, 1.165) is 47.8 Å². The van der Waals surface area contributed by atoms with Crippen molar-refractivity contribution in [1.29, 1.82) is 0 Å². The molecule has 1 heterocycles. The molecule has 0 saturated heterocycles. The van der Waals surface area contributed by atoms with E-state index in [9.17, 15) is 9.90 Å². The van der Waals surface area contributed by atoms with Crippen molar-refractivity contribution in [3.05, 3.63) is 83.4 Å². The van der Waals surface area contributed by atoms with Gasteiger partial charge in [-0.05, 0) is 72.4 Å². The Morgan fingerprint density at radius 1 is 0.933 bits per heavy atom. The van der Waals surface area contributed by atoms with Crippen LogP contribution < -0.4 is 0 Å². The molecule has 0 spiro atoms. The Morgan fingerprint density at radius 2 is 1.60 bits per heavy atom. The number of carbonyl (C=O) groups excluding carboxylic acids is 1. The maximum absolute atomic E-state index is 11.7. The first-order valence-electron chi connectivity index (χ1n) is 16.9. The Hall–Kier alpha value is -2.88. The maximum atomic E-state index is 11.7. The molecule has 241 valence electrons. The van der Waals surface area contributed by atoms with Gasteiger partial charge in [-0.25, -0.2) is 4.98 Å². The number of hydrogen-bond donors (Lipinski definition) is 1. The first-order valence-corrected chi connectivity index (χ1v) is 16.9. The summed E-state index contributed by atoms with van der Waals surface area (Å²) in [6, 6.07) is 19.4. The van der Waals surface area contributed by atoms with Gasteiger partial charge in [0.05, 0.1) is 11.3 Å². The third kappa shape index (κ3) is 7.10. The van der Waals surface area contributed by atoms with E-state index in [1.807, 2.05) is 27.7 Å². The van der Waals surface area contributed by atoms with Crippen molar-refractivity contribution in [2.24, 2.45) is 11.8 Å². The van der Waals surface area contributed by atoms with Crippen LogP contribution in [-0.4, -0.2) is 20.9 Å². The molecule has 6 rings (SSSR count). The van der Waals surface area contributed by atoms with Gasteiger partial charge in [-0.2, -0.15) is 0 Å². The summed E-state index contributed by atoms with van der Waals surface area (Å²) in [4.78, 5) is 21.2. The molecule has 2 aliphatic carbocycles. The second kappa shape index (κ2) is 15.1. The second-order valence-electron chi connectivity index (χ2n) is 13.3. The van der Waals surface area contributed by atoms with E-state index in [-0.39, 0.29) is 48.9 Å². The van der Waals surface area contributed by atoms with E-state index in [0.29, 0.717) is 5.92 Å². The van der Waals surface area contributed by atoms with Crippen LogP contribution in [0.2, 0.25) is 0 Å². The van der Waals surface area contributed by atoms with Crippen LogP contribution in [0.5, 0.6) is 0 Å². The largest absolute Gasteiger partial charge is 0.512 e. The van der Waals surface area contributed by atoms with Gasteiger partial charge in [-0.3, -0.25) is 9.78 Å². The Labute approximate surface area is 283 Å². The zero-order chi connectivity index (χ0) is 31.4. The van der Waals surface area contributed by atoms with E-state index in [1.165, 1.54) is 65.6 Å². The van der Waals surface area contributed by atoms with E-state index in [2.05, 4.69) is 62.4 Å². The van der Waals surface area contributed by atoms with E-state index >= 15 is 0 Å². The average Bonchev–Trinajstić information content (AvgIpc) is 3.04. The van der Waals surface area contributed by atoms with Crippen LogP contribution in [-0.2, 0) is 30.3 Å². The fraction of sp³-hybridized carbons (Fsp3) is 0.475. The predicted octanol–water partition coefficient (Wildman–Crippen LogP) is 10.8. The standard InChI is InChI=1S/C27H25N2.C13H24O2.Ir/c1-27(2)22-13-19-11-7-6-10-18(19)12-21(22)26-25-23(27)14-20(15-24(25)28-16-29-26)17-8-4-3-5-9-17;1-5-10(6-2)12(14)9-13(15)11(7-3)8-4;/h6-7,10-11,13-17H,3-5,8-9H2,1-2H3;9-11,14H,5-8H2,1-4H3;/q-1;;/b;12-9-;. The van der Waals surface area contributed by atoms with Gasteiger partial charge >= 0.3 is 0 Å². The molecule has 0 atom stereocenters. The van der Waals surface area contributed by atoms with Crippen molar-refractivity contribution < 1.29 is 30.0 Å². The van der Waals surface area contributed by atoms with Crippen LogP contribution in [0, 0.1) is 17.9 Å². The molecule has 4 nitrogen and oxygen atoms in total. The molecular weight excluding hydrogens is 733 g/mol. The molecule has 45 heavy (non-hydrogen) atoms. The maximum Gasteiger partial charge on any atom is 0.162 e. The third-order valence-electron chi connectivity index (χ3n) is 10.3. The molecule has 1 saturated carbocycles. The van der Waals surface area contributed by atoms with Gasteiger partial charge in [0.25, 0.3) is 0 Å². The minimum absolute atomic E-state index is 0. The van der Waals surface area contributed by atoms with Crippen molar-refractivity contribution >= 4 is 27.5 Å². The van der Waals surface area contributed by atoms with Gasteiger partial charge in [0.2, 0.25) is 0 Å². The summed E-state index contributed by atoms with van der Waals surface area (Å²) >= 11 is 0. The minimum atomic E-state index is -0.101. The minimum Gasteiger partial charge on any atom is -0.512 e. The smallest absolute Gasteiger partial charge is 0.162 e. The monoisotopic (exact) mass is 782 g/mol. The van der Waals surface area contributed by atoms with Crippen LogP contribution in [0.25, 0.3) is 32.9 Å². The Bertz CT molecular complexity index is 1660. The molecule has 1 aromatic heterocycles. The molecule has 0 aliphatic heterocycles. The SMILES string of the molecule is CC1(C)c2cc3ccccc3[c-]c2-c2ncnc3cc(C4CCCCC4)cc1c23.CCC(CC)C(=O)/C=C(\O)C(CC)CC.[Ir]. The number of allylic oxidation sites excluding steroid dienone is 2. The van der Waals surface area contributed by atoms with Gasteiger partial charge in [-0.15, -0.1) is 23.6 Å². The quantitative estimate of drug-likeness (QED) is 0.110. The van der Waals surface area contributed by atoms with Crippen molar-refractivity contribution in [3.63, 3.8) is 0 Å². The normalized spacial score (nSPS) is 15.9. The summed E-state index contributed by atoms with van der Waals surface area (Å²) in [5.74, 6) is 1.22. The van der Waals surface area contributed by atoms with Crippen LogP contribution in [0.3, 0.4) is 0 Å². The number of benzene rings is 3. The van der Waals surface area contributed by atoms with Gasteiger partial charge in [0.1, 0.15) is 6.33 Å². The summed E-state index contributed by atoms with van der Waals surface area (Å²) in [6.07, 6.45) is 13.3. The zero-order valence-corrected chi connectivity index (χ0v) is 30.3. The molecule has 3 aromatic carbocycles. The molecule has 0 amide bonds. The molecule has 1 radical (unpaired) electrons. The number of ketones is 1. The fourth-order valence-electron chi connectivity index (χ4n) is 7.34. The molecule has 1 fully saturated rings. The Balaban J connectivity index is 0.000000249.